The molecule has 1 aromatic rings. The standard InChI is InChI=1S/C54H62N2O2/c1-55(2)30-7-5-4-6-28(30)53-51-29-18-26-16-23-14-24-13-21-12-22-15-25-17-27-19-54(51,20-56(53)8-9-58-11-10-57-3)52-37(27)42-36(25)41-32(22)31(21)39-35(24)40-33(23)34(26)43-38(29)50(52)49-47(42)45(41)44(39)46(40)48(43)49/h4-7,17,21-24,27,31-33,35-37,39-49,51,53H,8-16,18-20H2,1-3H3/t21?,22?,23?,24?,27?,31?,32?,33?,35?,36?,37-,39?,40?,41?,42?,43?,44?,45?,46?,47?,48?,49?,51?,53?,54?/m1/s1. The zero-order valence-electron chi connectivity index (χ0n) is 34.9. The second-order valence-corrected chi connectivity index (χ2v) is 24.9. The molecule has 58 heavy (non-hydrogen) atoms. The fraction of sp³-hybridized carbons (Fsp3) is 0.741. The van der Waals surface area contributed by atoms with E-state index in [1.165, 1.54) is 37.9 Å². The Morgan fingerprint density at radius 1 is 0.724 bits per heavy atom. The summed E-state index contributed by atoms with van der Waals surface area (Å²) in [5.74, 6) is 23.0. The SMILES string of the molecule is COCCOCCN1CC23CC4C=C5CC6CC7CC8CC9CC%10=C%11C%12C(=C(C%10)C2C1c1ccccc1N(C)C)C1=C3[C@H]4C2C5C3C6C7C4C8C(C%119)C5C%12C1C2C3C45. The summed E-state index contributed by atoms with van der Waals surface area (Å²) < 4.78 is 11.9. The lowest BCUT2D eigenvalue weighted by Crippen LogP contribution is -2.56. The van der Waals surface area contributed by atoms with Crippen LogP contribution in [0, 0.1) is 142 Å². The van der Waals surface area contributed by atoms with Crippen LogP contribution in [0.1, 0.15) is 56.6 Å². The highest BCUT2D eigenvalue weighted by Gasteiger charge is 2.86. The zero-order valence-corrected chi connectivity index (χ0v) is 34.9. The van der Waals surface area contributed by atoms with Crippen LogP contribution < -0.4 is 4.90 Å². The van der Waals surface area contributed by atoms with Gasteiger partial charge in [-0.05, 0) is 192 Å². The van der Waals surface area contributed by atoms with Crippen molar-refractivity contribution in [2.24, 2.45) is 142 Å². The van der Waals surface area contributed by atoms with Gasteiger partial charge in [-0.1, -0.05) is 52.1 Å². The van der Waals surface area contributed by atoms with Gasteiger partial charge in [-0.15, -0.1) is 0 Å². The van der Waals surface area contributed by atoms with E-state index in [0.29, 0.717) is 25.2 Å². The van der Waals surface area contributed by atoms with Crippen LogP contribution in [0.3, 0.4) is 0 Å². The van der Waals surface area contributed by atoms with Gasteiger partial charge in [-0.25, -0.2) is 0 Å². The fourth-order valence-corrected chi connectivity index (χ4v) is 25.1. The molecular formula is C54H62N2O2. The van der Waals surface area contributed by atoms with Crippen LogP contribution in [0.4, 0.5) is 5.69 Å². The zero-order chi connectivity index (χ0) is 37.1. The van der Waals surface area contributed by atoms with Crippen LogP contribution in [0.25, 0.3) is 0 Å². The molecule has 0 aromatic heterocycles. The van der Waals surface area contributed by atoms with E-state index in [4.69, 9.17) is 9.47 Å². The van der Waals surface area contributed by atoms with E-state index < -0.39 is 0 Å². The second kappa shape index (κ2) is 9.73. The van der Waals surface area contributed by atoms with E-state index in [1.54, 1.807) is 24.8 Å². The van der Waals surface area contributed by atoms with E-state index >= 15 is 0 Å². The van der Waals surface area contributed by atoms with Gasteiger partial charge in [-0.3, -0.25) is 4.90 Å². The quantitative estimate of drug-likeness (QED) is 0.195. The van der Waals surface area contributed by atoms with Crippen LogP contribution in [-0.4, -0.2) is 59.0 Å². The second-order valence-electron chi connectivity index (χ2n) is 24.9. The smallest absolute Gasteiger partial charge is 0.0700 e. The van der Waals surface area contributed by atoms with Gasteiger partial charge >= 0.3 is 0 Å². The minimum Gasteiger partial charge on any atom is -0.382 e. The van der Waals surface area contributed by atoms with Crippen molar-refractivity contribution in [2.75, 3.05) is 59.0 Å². The molecule has 4 heteroatoms. The molecule has 24 unspecified atom stereocenters. The first-order valence-electron chi connectivity index (χ1n) is 25.0. The van der Waals surface area contributed by atoms with E-state index in [2.05, 4.69) is 82.1 Å². The van der Waals surface area contributed by atoms with Gasteiger partial charge < -0.3 is 14.4 Å². The molecule has 11 saturated carbocycles. The molecule has 0 radical (unpaired) electrons. The Hall–Kier alpha value is -2.14. The summed E-state index contributed by atoms with van der Waals surface area (Å²) in [5.41, 5.74) is 18.0. The predicted molar refractivity (Wildman–Crippen MR) is 222 cm³/mol. The van der Waals surface area contributed by atoms with Gasteiger partial charge in [0.15, 0.2) is 0 Å². The van der Waals surface area contributed by atoms with Crippen LogP contribution in [0.2, 0.25) is 0 Å². The Morgan fingerprint density at radius 2 is 1.48 bits per heavy atom. The third kappa shape index (κ3) is 2.95. The van der Waals surface area contributed by atoms with Gasteiger partial charge in [0.2, 0.25) is 0 Å². The van der Waals surface area contributed by atoms with Gasteiger partial charge in [-0.2, -0.15) is 0 Å². The molecular weight excluding hydrogens is 709 g/mol. The monoisotopic (exact) mass is 770 g/mol. The minimum absolute atomic E-state index is 0.278. The summed E-state index contributed by atoms with van der Waals surface area (Å²) in [6.45, 7) is 4.49. The van der Waals surface area contributed by atoms with Gasteiger partial charge in [0.05, 0.1) is 19.8 Å². The molecule has 17 aliphatic rings. The lowest BCUT2D eigenvalue weighted by molar-refractivity contribution is -0.117. The molecule has 0 bridgehead atoms. The topological polar surface area (TPSA) is 24.9 Å². The Balaban J connectivity index is 0.926. The molecule has 0 N–H and O–H groups in total. The average molecular weight is 771 g/mol. The van der Waals surface area contributed by atoms with Crippen LogP contribution in [-0.2, 0) is 9.47 Å². The van der Waals surface area contributed by atoms with E-state index in [0.717, 1.165) is 143 Å². The largest absolute Gasteiger partial charge is 0.382 e. The molecule has 18 rings (SSSR count). The van der Waals surface area contributed by atoms with Gasteiger partial charge in [0.1, 0.15) is 0 Å². The number of nitrogens with zero attached hydrogens (tertiary/aromatic N) is 2. The average Bonchev–Trinajstić information content (AvgIpc) is 4.08. The van der Waals surface area contributed by atoms with Gasteiger partial charge in [0, 0.05) is 63.3 Å². The third-order valence-corrected chi connectivity index (χ3v) is 24.3. The van der Waals surface area contributed by atoms with Crippen LogP contribution in [0.5, 0.6) is 0 Å². The molecule has 1 aromatic carbocycles. The van der Waals surface area contributed by atoms with Crippen molar-refractivity contribution in [3.63, 3.8) is 0 Å². The highest BCUT2D eigenvalue weighted by molar-refractivity contribution is 5.69. The number of hydrogen-bond acceptors (Lipinski definition) is 4. The molecule has 4 nitrogen and oxygen atoms in total. The Morgan fingerprint density at radius 3 is 2.38 bits per heavy atom. The first-order chi connectivity index (χ1) is 28.6. The first kappa shape index (κ1) is 31.7. The third-order valence-electron chi connectivity index (χ3n) is 24.3. The molecule has 25 atom stereocenters. The van der Waals surface area contributed by atoms with Crippen molar-refractivity contribution in [3.05, 3.63) is 74.9 Å². The summed E-state index contributed by atoms with van der Waals surface area (Å²) in [4.78, 5) is 5.49. The van der Waals surface area contributed by atoms with Crippen molar-refractivity contribution in [2.45, 2.75) is 51.0 Å². The van der Waals surface area contributed by atoms with Crippen molar-refractivity contribution in [1.82, 2.24) is 4.90 Å². The van der Waals surface area contributed by atoms with Crippen LogP contribution in [0.15, 0.2) is 69.4 Å². The number of fused-ring (bicyclic) bond motifs is 1. The highest BCUT2D eigenvalue weighted by Crippen LogP contribution is 2.91. The number of likely N-dealkylation sites (tertiary alicyclic amines) is 1. The summed E-state index contributed by atoms with van der Waals surface area (Å²) in [6.07, 6.45) is 13.8. The number of para-hydroxylation sites is 1. The van der Waals surface area contributed by atoms with Crippen LogP contribution >= 0.6 is 0 Å². The Labute approximate surface area is 345 Å². The van der Waals surface area contributed by atoms with Crippen molar-refractivity contribution < 1.29 is 9.47 Å². The number of methoxy groups -OCH3 is 1. The van der Waals surface area contributed by atoms with Crippen molar-refractivity contribution in [1.29, 1.82) is 0 Å². The highest BCUT2D eigenvalue weighted by atomic mass is 16.5. The molecule has 300 valence electrons. The summed E-state index contributed by atoms with van der Waals surface area (Å²) in [6, 6.07) is 10.1. The summed E-state index contributed by atoms with van der Waals surface area (Å²) in [5, 5.41) is 0. The minimum atomic E-state index is 0.278. The fourth-order valence-electron chi connectivity index (χ4n) is 25.1. The van der Waals surface area contributed by atoms with Crippen molar-refractivity contribution in [3.8, 4) is 0 Å². The Kier molecular flexibility index (Phi) is 5.32. The van der Waals surface area contributed by atoms with E-state index in [9.17, 15) is 0 Å². The lowest BCUT2D eigenvalue weighted by Gasteiger charge is -2.60. The predicted octanol–water partition coefficient (Wildman–Crippen LogP) is 8.70. The van der Waals surface area contributed by atoms with E-state index in [-0.39, 0.29) is 5.41 Å². The maximum atomic E-state index is 6.41. The molecule has 0 amide bonds. The van der Waals surface area contributed by atoms with Crippen molar-refractivity contribution >= 4 is 5.69 Å². The summed E-state index contributed by atoms with van der Waals surface area (Å²) in [7, 11) is 6.43. The molecule has 1 spiro atoms. The molecule has 16 aliphatic carbocycles. The number of ether oxygens (including phenoxy) is 2. The Bertz CT molecular complexity index is 2330. The maximum Gasteiger partial charge on any atom is 0.0700 e. The number of anilines is 1. The maximum absolute atomic E-state index is 6.41. The lowest BCUT2D eigenvalue weighted by atomic mass is 9.44. The number of benzene rings is 1. The number of rotatable bonds is 8. The molecule has 1 heterocycles. The molecule has 1 aliphatic heterocycles. The molecule has 1 saturated heterocycles. The first-order valence-corrected chi connectivity index (χ1v) is 25.0. The van der Waals surface area contributed by atoms with E-state index in [1.807, 2.05) is 18.3 Å². The summed E-state index contributed by atoms with van der Waals surface area (Å²) >= 11 is 0. The normalized spacial score (nSPS) is 59.7. The number of allylic oxidation sites excluding steroid dienone is 6. The number of hydrogen-bond donors (Lipinski definition) is 0. The molecule has 12 fully saturated rings. The van der Waals surface area contributed by atoms with Gasteiger partial charge in [0.25, 0.3) is 0 Å².